The number of hydrogen-bond donors (Lipinski definition) is 0. The third-order valence-corrected chi connectivity index (χ3v) is 9.79. The van der Waals surface area contributed by atoms with Gasteiger partial charge in [0.05, 0.1) is 43.6 Å². The summed E-state index contributed by atoms with van der Waals surface area (Å²) in [6.07, 6.45) is 2.81. The maximum atomic E-state index is 13.7. The number of benzene rings is 1. The largest absolute Gasteiger partial charge is 0.469 e. The van der Waals surface area contributed by atoms with Crippen LogP contribution in [-0.2, 0) is 29.1 Å². The number of methoxy groups -OCH3 is 2. The number of anilines is 1. The SMILES string of the molecule is COC(=O)CC1CN(S(=O)(=O)c2cc3ccc(Cl)cc3s2)CC(CC(=O)OC)N1c1ncc(Br)cn1. The van der Waals surface area contributed by atoms with Crippen molar-refractivity contribution in [1.29, 1.82) is 0 Å². The van der Waals surface area contributed by atoms with Crippen LogP contribution in [0, 0.1) is 0 Å². The predicted octanol–water partition coefficient (Wildman–Crippen LogP) is 3.48. The number of carbonyl (C=O) groups is 2. The van der Waals surface area contributed by atoms with Crippen LogP contribution in [0.1, 0.15) is 12.8 Å². The van der Waals surface area contributed by atoms with E-state index in [0.29, 0.717) is 9.50 Å². The van der Waals surface area contributed by atoms with Crippen LogP contribution in [0.25, 0.3) is 10.1 Å². The zero-order valence-electron chi connectivity index (χ0n) is 19.3. The maximum Gasteiger partial charge on any atom is 0.307 e. The molecule has 0 N–H and O–H groups in total. The minimum Gasteiger partial charge on any atom is -0.469 e. The Balaban J connectivity index is 1.75. The van der Waals surface area contributed by atoms with E-state index in [2.05, 4.69) is 25.9 Å². The summed E-state index contributed by atoms with van der Waals surface area (Å²) >= 11 is 10.5. The summed E-state index contributed by atoms with van der Waals surface area (Å²) in [4.78, 5) is 35.0. The van der Waals surface area contributed by atoms with Crippen LogP contribution in [0.4, 0.5) is 5.95 Å². The Labute approximate surface area is 225 Å². The first-order valence-electron chi connectivity index (χ1n) is 10.7. The fourth-order valence-corrected chi connectivity index (χ4v) is 7.64. The van der Waals surface area contributed by atoms with Crippen LogP contribution in [0.5, 0.6) is 0 Å². The molecule has 4 rings (SSSR count). The molecule has 0 bridgehead atoms. The normalized spacial score (nSPS) is 18.8. The molecule has 10 nitrogen and oxygen atoms in total. The summed E-state index contributed by atoms with van der Waals surface area (Å²) in [5.41, 5.74) is 0. The molecule has 192 valence electrons. The van der Waals surface area contributed by atoms with Crippen LogP contribution in [-0.4, -0.2) is 74.0 Å². The fourth-order valence-electron chi connectivity index (χ4n) is 4.09. The second kappa shape index (κ2) is 11.0. The number of aromatic nitrogens is 2. The number of hydrogen-bond acceptors (Lipinski definition) is 10. The van der Waals surface area contributed by atoms with Gasteiger partial charge in [-0.25, -0.2) is 18.4 Å². The van der Waals surface area contributed by atoms with Gasteiger partial charge in [0.25, 0.3) is 10.0 Å². The van der Waals surface area contributed by atoms with E-state index in [1.54, 1.807) is 29.2 Å². The molecule has 0 spiro atoms. The molecule has 1 aromatic carbocycles. The number of piperazine rings is 1. The van der Waals surface area contributed by atoms with Crippen molar-refractivity contribution in [3.63, 3.8) is 0 Å². The van der Waals surface area contributed by atoms with Gasteiger partial charge in [0.15, 0.2) is 0 Å². The number of thiophene rings is 1. The van der Waals surface area contributed by atoms with Crippen molar-refractivity contribution in [2.45, 2.75) is 29.1 Å². The van der Waals surface area contributed by atoms with Crippen molar-refractivity contribution in [2.24, 2.45) is 0 Å². The average molecular weight is 618 g/mol. The van der Waals surface area contributed by atoms with Crippen LogP contribution in [0.2, 0.25) is 5.02 Å². The van der Waals surface area contributed by atoms with Gasteiger partial charge in [0.1, 0.15) is 4.21 Å². The molecule has 2 atom stereocenters. The third kappa shape index (κ3) is 5.65. The van der Waals surface area contributed by atoms with Gasteiger partial charge in [-0.2, -0.15) is 4.31 Å². The molecule has 1 saturated heterocycles. The Morgan fingerprint density at radius 2 is 1.67 bits per heavy atom. The van der Waals surface area contributed by atoms with Gasteiger partial charge in [-0.3, -0.25) is 9.59 Å². The van der Waals surface area contributed by atoms with E-state index in [4.69, 9.17) is 21.1 Å². The van der Waals surface area contributed by atoms with E-state index < -0.39 is 34.0 Å². The van der Waals surface area contributed by atoms with Crippen LogP contribution in [0.3, 0.4) is 0 Å². The number of halogens is 2. The molecule has 1 fully saturated rings. The highest BCUT2D eigenvalue weighted by molar-refractivity contribution is 9.10. The van der Waals surface area contributed by atoms with Gasteiger partial charge >= 0.3 is 11.9 Å². The lowest BCUT2D eigenvalue weighted by Crippen LogP contribution is -2.61. The summed E-state index contributed by atoms with van der Waals surface area (Å²) in [5.74, 6) is -0.807. The molecule has 36 heavy (non-hydrogen) atoms. The van der Waals surface area contributed by atoms with Crippen LogP contribution >= 0.6 is 38.9 Å². The van der Waals surface area contributed by atoms with E-state index in [9.17, 15) is 18.0 Å². The molecule has 3 heterocycles. The Morgan fingerprint density at radius 1 is 1.08 bits per heavy atom. The van der Waals surface area contributed by atoms with Gasteiger partial charge in [-0.15, -0.1) is 11.3 Å². The standard InChI is InChI=1S/C22H22BrClN4O6S2/c1-33-19(29)7-16-11-27(36(31,32)21-5-13-3-4-15(24)6-18(13)35-21)12-17(8-20(30)34-2)28(16)22-25-9-14(23)10-26-22/h3-6,9-10,16-17H,7-8,11-12H2,1-2H3. The highest BCUT2D eigenvalue weighted by atomic mass is 79.9. The monoisotopic (exact) mass is 616 g/mol. The van der Waals surface area contributed by atoms with Crippen molar-refractivity contribution < 1.29 is 27.5 Å². The molecule has 14 heteroatoms. The van der Waals surface area contributed by atoms with E-state index in [-0.39, 0.29) is 36.1 Å². The molecule has 0 amide bonds. The second-order valence-electron chi connectivity index (χ2n) is 8.05. The molecule has 3 aromatic rings. The van der Waals surface area contributed by atoms with Crippen molar-refractivity contribution >= 4 is 76.9 Å². The highest BCUT2D eigenvalue weighted by Gasteiger charge is 2.43. The van der Waals surface area contributed by atoms with Crippen molar-refractivity contribution in [2.75, 3.05) is 32.2 Å². The summed E-state index contributed by atoms with van der Waals surface area (Å²) < 4.78 is 40.0. The van der Waals surface area contributed by atoms with Crippen molar-refractivity contribution in [3.8, 4) is 0 Å². The molecule has 2 unspecified atom stereocenters. The van der Waals surface area contributed by atoms with Gasteiger partial charge < -0.3 is 14.4 Å². The number of ether oxygens (including phenoxy) is 2. The van der Waals surface area contributed by atoms with Gasteiger partial charge in [0.2, 0.25) is 5.95 Å². The summed E-state index contributed by atoms with van der Waals surface area (Å²) in [5, 5.41) is 1.26. The highest BCUT2D eigenvalue weighted by Crippen LogP contribution is 2.35. The first kappa shape index (κ1) is 26.7. The fraction of sp³-hybridized carbons (Fsp3) is 0.364. The zero-order chi connectivity index (χ0) is 26.0. The lowest BCUT2D eigenvalue weighted by atomic mass is 10.0. The van der Waals surface area contributed by atoms with Crippen molar-refractivity contribution in [1.82, 2.24) is 14.3 Å². The lowest BCUT2D eigenvalue weighted by Gasteiger charge is -2.45. The quantitative estimate of drug-likeness (QED) is 0.367. The van der Waals surface area contributed by atoms with Gasteiger partial charge in [-0.1, -0.05) is 17.7 Å². The Morgan fingerprint density at radius 3 is 2.22 bits per heavy atom. The molecular weight excluding hydrogens is 596 g/mol. The Hall–Kier alpha value is -2.32. The van der Waals surface area contributed by atoms with Crippen molar-refractivity contribution in [3.05, 3.63) is 46.2 Å². The van der Waals surface area contributed by atoms with Gasteiger partial charge in [-0.05, 0) is 39.5 Å². The number of carbonyl (C=O) groups excluding carboxylic acids is 2. The molecule has 2 aromatic heterocycles. The Bertz CT molecular complexity index is 1360. The first-order chi connectivity index (χ1) is 17.1. The summed E-state index contributed by atoms with van der Waals surface area (Å²) in [6.45, 7) is -0.0763. The van der Waals surface area contributed by atoms with Crippen LogP contribution in [0.15, 0.2) is 45.3 Å². The Kier molecular flexibility index (Phi) is 8.15. The molecular formula is C22H22BrClN4O6S2. The lowest BCUT2D eigenvalue weighted by molar-refractivity contribution is -0.141. The second-order valence-corrected chi connectivity index (χ2v) is 12.6. The third-order valence-electron chi connectivity index (χ3n) is 5.77. The minimum atomic E-state index is -3.97. The minimum absolute atomic E-state index is 0.0382. The number of esters is 2. The van der Waals surface area contributed by atoms with E-state index in [1.807, 2.05) is 0 Å². The molecule has 1 aliphatic heterocycles. The molecule has 0 saturated carbocycles. The zero-order valence-corrected chi connectivity index (χ0v) is 23.2. The van der Waals surface area contributed by atoms with E-state index in [0.717, 1.165) is 21.4 Å². The summed E-state index contributed by atoms with van der Waals surface area (Å²) in [6, 6.07) is 5.38. The van der Waals surface area contributed by atoms with Crippen LogP contribution < -0.4 is 4.90 Å². The van der Waals surface area contributed by atoms with E-state index >= 15 is 0 Å². The molecule has 0 radical (unpaired) electrons. The topological polar surface area (TPSA) is 119 Å². The number of nitrogens with zero attached hydrogens (tertiary/aromatic N) is 4. The smallest absolute Gasteiger partial charge is 0.307 e. The first-order valence-corrected chi connectivity index (χ1v) is 14.1. The number of sulfonamides is 1. The molecule has 1 aliphatic rings. The van der Waals surface area contributed by atoms with Gasteiger partial charge in [0, 0.05) is 35.2 Å². The predicted molar refractivity (Wildman–Crippen MR) is 139 cm³/mol. The average Bonchev–Trinajstić information content (AvgIpc) is 3.28. The molecule has 0 aliphatic carbocycles. The maximum absolute atomic E-state index is 13.7. The number of fused-ring (bicyclic) bond motifs is 1. The van der Waals surface area contributed by atoms with E-state index in [1.165, 1.54) is 30.9 Å². The summed E-state index contributed by atoms with van der Waals surface area (Å²) in [7, 11) is -1.45. The number of rotatable bonds is 7.